The van der Waals surface area contributed by atoms with Crippen LogP contribution in [-0.4, -0.2) is 37.7 Å². The number of esters is 1. The molecule has 0 spiro atoms. The van der Waals surface area contributed by atoms with Gasteiger partial charge in [0.15, 0.2) is 11.5 Å². The summed E-state index contributed by atoms with van der Waals surface area (Å²) in [6, 6.07) is 4.19. The Labute approximate surface area is 98.2 Å². The van der Waals surface area contributed by atoms with E-state index in [1.807, 2.05) is 0 Å². The van der Waals surface area contributed by atoms with Crippen LogP contribution in [0.2, 0.25) is 0 Å². The number of ether oxygens (including phenoxy) is 2. The van der Waals surface area contributed by atoms with Gasteiger partial charge in [-0.25, -0.2) is 0 Å². The molecule has 2 N–H and O–H groups in total. The molecule has 0 aliphatic rings. The highest BCUT2D eigenvalue weighted by Gasteiger charge is 2.10. The number of phenols is 1. The topological polar surface area (TPSA) is 84.9 Å². The molecule has 0 saturated heterocycles. The largest absolute Gasteiger partial charge is 0.504 e. The first-order valence-electron chi connectivity index (χ1n) is 4.80. The quantitative estimate of drug-likeness (QED) is 0.738. The number of carbonyl (C=O) groups is 2. The van der Waals surface area contributed by atoms with Gasteiger partial charge in [-0.2, -0.15) is 0 Å². The van der Waals surface area contributed by atoms with Crippen molar-refractivity contribution in [1.82, 2.24) is 5.32 Å². The van der Waals surface area contributed by atoms with Crippen molar-refractivity contribution in [3.8, 4) is 11.5 Å². The van der Waals surface area contributed by atoms with Gasteiger partial charge in [-0.05, 0) is 18.2 Å². The van der Waals surface area contributed by atoms with Crippen molar-refractivity contribution in [2.24, 2.45) is 0 Å². The van der Waals surface area contributed by atoms with Crippen LogP contribution in [0.5, 0.6) is 11.5 Å². The lowest BCUT2D eigenvalue weighted by Crippen LogP contribution is -2.30. The standard InChI is InChI=1S/C11H13NO5/c1-16-9-4-3-7(5-8(9)13)11(15)12-6-10(14)17-2/h3-5,13H,6H2,1-2H3,(H,12,15). The van der Waals surface area contributed by atoms with Gasteiger partial charge in [-0.1, -0.05) is 0 Å². The number of hydrogen-bond donors (Lipinski definition) is 2. The molecule has 1 aromatic rings. The van der Waals surface area contributed by atoms with Gasteiger partial charge in [0.2, 0.25) is 0 Å². The second kappa shape index (κ2) is 5.74. The molecular formula is C11H13NO5. The van der Waals surface area contributed by atoms with Crippen LogP contribution in [0.25, 0.3) is 0 Å². The molecule has 1 rings (SSSR count). The average molecular weight is 239 g/mol. The number of rotatable bonds is 4. The lowest BCUT2D eigenvalue weighted by Gasteiger charge is -2.06. The van der Waals surface area contributed by atoms with Crippen molar-refractivity contribution < 1.29 is 24.2 Å². The third kappa shape index (κ3) is 3.37. The maximum Gasteiger partial charge on any atom is 0.325 e. The molecule has 0 unspecified atom stereocenters. The second-order valence-corrected chi connectivity index (χ2v) is 3.15. The van der Waals surface area contributed by atoms with E-state index >= 15 is 0 Å². The molecule has 1 aromatic carbocycles. The van der Waals surface area contributed by atoms with E-state index in [9.17, 15) is 14.7 Å². The SMILES string of the molecule is COC(=O)CNC(=O)c1ccc(OC)c(O)c1. The Morgan fingerprint density at radius 2 is 2.06 bits per heavy atom. The average Bonchev–Trinajstić information content (AvgIpc) is 2.35. The molecule has 0 atom stereocenters. The van der Waals surface area contributed by atoms with Crippen molar-refractivity contribution in [2.45, 2.75) is 0 Å². The van der Waals surface area contributed by atoms with E-state index in [-0.39, 0.29) is 23.6 Å². The lowest BCUT2D eigenvalue weighted by molar-refractivity contribution is -0.139. The summed E-state index contributed by atoms with van der Waals surface area (Å²) in [6.07, 6.45) is 0. The minimum absolute atomic E-state index is 0.141. The molecule has 6 nitrogen and oxygen atoms in total. The Morgan fingerprint density at radius 3 is 2.59 bits per heavy atom. The van der Waals surface area contributed by atoms with E-state index in [4.69, 9.17) is 4.74 Å². The van der Waals surface area contributed by atoms with Crippen LogP contribution in [-0.2, 0) is 9.53 Å². The van der Waals surface area contributed by atoms with Crippen LogP contribution in [0.15, 0.2) is 18.2 Å². The van der Waals surface area contributed by atoms with E-state index in [1.54, 1.807) is 0 Å². The first kappa shape index (κ1) is 12.8. The molecule has 0 aliphatic heterocycles. The zero-order valence-electron chi connectivity index (χ0n) is 9.52. The van der Waals surface area contributed by atoms with Crippen LogP contribution < -0.4 is 10.1 Å². The maximum absolute atomic E-state index is 11.5. The summed E-state index contributed by atoms with van der Waals surface area (Å²) in [5, 5.41) is 11.8. The Hall–Kier alpha value is -2.24. The van der Waals surface area contributed by atoms with E-state index in [0.717, 1.165) is 0 Å². The Bertz CT molecular complexity index is 430. The number of carbonyl (C=O) groups excluding carboxylic acids is 2. The third-order valence-corrected chi connectivity index (χ3v) is 2.06. The van der Waals surface area contributed by atoms with Gasteiger partial charge in [0.1, 0.15) is 6.54 Å². The molecule has 0 heterocycles. The zero-order valence-corrected chi connectivity index (χ0v) is 9.52. The molecular weight excluding hydrogens is 226 g/mol. The predicted molar refractivity (Wildman–Crippen MR) is 59.0 cm³/mol. The molecule has 0 fully saturated rings. The highest BCUT2D eigenvalue weighted by atomic mass is 16.5. The van der Waals surface area contributed by atoms with Gasteiger partial charge in [-0.15, -0.1) is 0 Å². The highest BCUT2D eigenvalue weighted by Crippen LogP contribution is 2.25. The molecule has 0 saturated carbocycles. The molecule has 92 valence electrons. The van der Waals surface area contributed by atoms with Crippen molar-refractivity contribution >= 4 is 11.9 Å². The van der Waals surface area contributed by atoms with E-state index in [2.05, 4.69) is 10.1 Å². The van der Waals surface area contributed by atoms with Crippen LogP contribution in [0.3, 0.4) is 0 Å². The molecule has 1 amide bonds. The fourth-order valence-corrected chi connectivity index (χ4v) is 1.16. The van der Waals surface area contributed by atoms with Crippen LogP contribution in [0.4, 0.5) is 0 Å². The fourth-order valence-electron chi connectivity index (χ4n) is 1.16. The van der Waals surface area contributed by atoms with Gasteiger partial charge in [-0.3, -0.25) is 9.59 Å². The fraction of sp³-hybridized carbons (Fsp3) is 0.273. The Morgan fingerprint density at radius 1 is 1.35 bits per heavy atom. The second-order valence-electron chi connectivity index (χ2n) is 3.15. The predicted octanol–water partition coefficient (Wildman–Crippen LogP) is 0.304. The minimum atomic E-state index is -0.545. The van der Waals surface area contributed by atoms with Crippen molar-refractivity contribution in [2.75, 3.05) is 20.8 Å². The molecule has 0 bridgehead atoms. The summed E-state index contributed by atoms with van der Waals surface area (Å²) in [5.74, 6) is -0.892. The van der Waals surface area contributed by atoms with Crippen molar-refractivity contribution in [3.05, 3.63) is 23.8 Å². The molecule has 0 aromatic heterocycles. The van der Waals surface area contributed by atoms with Crippen molar-refractivity contribution in [1.29, 1.82) is 0 Å². The van der Waals surface area contributed by atoms with Gasteiger partial charge < -0.3 is 19.9 Å². The number of nitrogens with one attached hydrogen (secondary N) is 1. The minimum Gasteiger partial charge on any atom is -0.504 e. The maximum atomic E-state index is 11.5. The monoisotopic (exact) mass is 239 g/mol. The van der Waals surface area contributed by atoms with Gasteiger partial charge in [0.05, 0.1) is 14.2 Å². The molecule has 6 heteroatoms. The van der Waals surface area contributed by atoms with Crippen molar-refractivity contribution in [3.63, 3.8) is 0 Å². The normalized spacial score (nSPS) is 9.53. The molecule has 17 heavy (non-hydrogen) atoms. The summed E-state index contributed by atoms with van der Waals surface area (Å²) in [6.45, 7) is -0.220. The molecule has 0 radical (unpaired) electrons. The van der Waals surface area contributed by atoms with Gasteiger partial charge in [0.25, 0.3) is 5.91 Å². The van der Waals surface area contributed by atoms with Gasteiger partial charge in [0, 0.05) is 5.56 Å². The Kier molecular flexibility index (Phi) is 4.33. The number of amides is 1. The third-order valence-electron chi connectivity index (χ3n) is 2.06. The Balaban J connectivity index is 2.69. The lowest BCUT2D eigenvalue weighted by atomic mass is 10.2. The summed E-state index contributed by atoms with van der Waals surface area (Å²) in [7, 11) is 2.64. The summed E-state index contributed by atoms with van der Waals surface area (Å²) >= 11 is 0. The summed E-state index contributed by atoms with van der Waals surface area (Å²) in [5.41, 5.74) is 0.229. The van der Waals surface area contributed by atoms with E-state index in [1.165, 1.54) is 32.4 Å². The van der Waals surface area contributed by atoms with Crippen LogP contribution in [0.1, 0.15) is 10.4 Å². The highest BCUT2D eigenvalue weighted by molar-refractivity contribution is 5.96. The molecule has 0 aliphatic carbocycles. The number of methoxy groups -OCH3 is 2. The summed E-state index contributed by atoms with van der Waals surface area (Å²) in [4.78, 5) is 22.4. The summed E-state index contributed by atoms with van der Waals surface area (Å²) < 4.78 is 9.21. The number of hydrogen-bond acceptors (Lipinski definition) is 5. The number of aromatic hydroxyl groups is 1. The first-order chi connectivity index (χ1) is 8.08. The van der Waals surface area contributed by atoms with E-state index in [0.29, 0.717) is 0 Å². The van der Waals surface area contributed by atoms with Gasteiger partial charge >= 0.3 is 5.97 Å². The van der Waals surface area contributed by atoms with Crippen LogP contribution >= 0.6 is 0 Å². The smallest absolute Gasteiger partial charge is 0.325 e. The first-order valence-corrected chi connectivity index (χ1v) is 4.80. The van der Waals surface area contributed by atoms with Crippen LogP contribution in [0, 0.1) is 0 Å². The zero-order chi connectivity index (χ0) is 12.8. The number of benzene rings is 1. The van der Waals surface area contributed by atoms with E-state index < -0.39 is 11.9 Å². The number of phenolic OH excluding ortho intramolecular Hbond substituents is 1.